The van der Waals surface area contributed by atoms with E-state index in [4.69, 9.17) is 4.74 Å². The zero-order chi connectivity index (χ0) is 25.1. The number of H-pyrrole nitrogens is 1. The van der Waals surface area contributed by atoms with Gasteiger partial charge in [-0.3, -0.25) is 9.59 Å². The van der Waals surface area contributed by atoms with E-state index in [2.05, 4.69) is 10.3 Å². The van der Waals surface area contributed by atoms with Crippen molar-refractivity contribution in [3.63, 3.8) is 0 Å². The fourth-order valence-electron chi connectivity index (χ4n) is 4.54. The highest BCUT2D eigenvalue weighted by Gasteiger charge is 2.46. The standard InChI is InChI=1S/C28H26N4O4/c1-36-22-12-13-24-23(16-22)19(18-29-24)14-15-31-25(17-26(33)30-20-8-4-2-5-9-20)27(34)32(28(31)35)21-10-6-3-7-11-21/h2-13,16,18,25,29H,14-15,17H2,1H3,(H,30,33)/t25-/m1/s1. The number of benzene rings is 3. The first kappa shape index (κ1) is 23.2. The molecule has 182 valence electrons. The minimum Gasteiger partial charge on any atom is -0.497 e. The number of fused-ring (bicyclic) bond motifs is 1. The Hall–Kier alpha value is -4.59. The van der Waals surface area contributed by atoms with Gasteiger partial charge in [0, 0.05) is 29.3 Å². The molecule has 1 atom stereocenters. The first-order valence-electron chi connectivity index (χ1n) is 11.7. The number of nitrogens with zero attached hydrogens (tertiary/aromatic N) is 2. The van der Waals surface area contributed by atoms with Gasteiger partial charge in [-0.25, -0.2) is 9.69 Å². The largest absolute Gasteiger partial charge is 0.497 e. The molecule has 0 spiro atoms. The van der Waals surface area contributed by atoms with Crippen LogP contribution in [0.15, 0.2) is 85.1 Å². The number of para-hydroxylation sites is 2. The summed E-state index contributed by atoms with van der Waals surface area (Å²) in [6.07, 6.45) is 2.27. The summed E-state index contributed by atoms with van der Waals surface area (Å²) in [5.41, 5.74) is 3.08. The molecule has 1 saturated heterocycles. The lowest BCUT2D eigenvalue weighted by Crippen LogP contribution is -2.39. The second-order valence-corrected chi connectivity index (χ2v) is 8.59. The third-order valence-electron chi connectivity index (χ3n) is 6.37. The SMILES string of the molecule is COc1ccc2[nH]cc(CCN3C(=O)N(c4ccccc4)C(=O)[C@H]3CC(=O)Nc3ccccc3)c2c1. The van der Waals surface area contributed by atoms with Crippen LogP contribution in [0.5, 0.6) is 5.75 Å². The molecule has 0 aliphatic carbocycles. The van der Waals surface area contributed by atoms with Crippen LogP contribution in [0.1, 0.15) is 12.0 Å². The monoisotopic (exact) mass is 482 g/mol. The van der Waals surface area contributed by atoms with Crippen molar-refractivity contribution >= 4 is 40.1 Å². The predicted octanol–water partition coefficient (Wildman–Crippen LogP) is 4.59. The van der Waals surface area contributed by atoms with Gasteiger partial charge in [0.05, 0.1) is 19.2 Å². The number of aromatic nitrogens is 1. The Labute approximate surface area is 208 Å². The van der Waals surface area contributed by atoms with Gasteiger partial charge in [-0.05, 0) is 54.4 Å². The van der Waals surface area contributed by atoms with E-state index in [9.17, 15) is 14.4 Å². The Morgan fingerprint density at radius 3 is 2.44 bits per heavy atom. The summed E-state index contributed by atoms with van der Waals surface area (Å²) in [5, 5.41) is 3.81. The van der Waals surface area contributed by atoms with Crippen LogP contribution in [-0.2, 0) is 16.0 Å². The molecule has 1 aromatic heterocycles. The normalized spacial score (nSPS) is 15.5. The zero-order valence-electron chi connectivity index (χ0n) is 19.8. The number of ether oxygens (including phenoxy) is 1. The van der Waals surface area contributed by atoms with E-state index < -0.39 is 18.0 Å². The van der Waals surface area contributed by atoms with Crippen LogP contribution in [0.3, 0.4) is 0 Å². The molecule has 1 aliphatic rings. The molecule has 1 fully saturated rings. The van der Waals surface area contributed by atoms with Crippen LogP contribution >= 0.6 is 0 Å². The van der Waals surface area contributed by atoms with Gasteiger partial charge in [-0.1, -0.05) is 36.4 Å². The second-order valence-electron chi connectivity index (χ2n) is 8.59. The van der Waals surface area contributed by atoms with Crippen molar-refractivity contribution in [1.29, 1.82) is 0 Å². The Morgan fingerprint density at radius 1 is 1.00 bits per heavy atom. The van der Waals surface area contributed by atoms with Crippen molar-refractivity contribution < 1.29 is 19.1 Å². The first-order chi connectivity index (χ1) is 17.5. The predicted molar refractivity (Wildman–Crippen MR) is 138 cm³/mol. The number of hydrogen-bond acceptors (Lipinski definition) is 4. The van der Waals surface area contributed by atoms with E-state index in [0.717, 1.165) is 22.2 Å². The molecule has 5 rings (SSSR count). The Balaban J connectivity index is 1.39. The molecule has 1 aliphatic heterocycles. The van der Waals surface area contributed by atoms with Gasteiger partial charge in [0.2, 0.25) is 5.91 Å². The quantitative estimate of drug-likeness (QED) is 0.359. The van der Waals surface area contributed by atoms with E-state index in [1.807, 2.05) is 48.7 Å². The Morgan fingerprint density at radius 2 is 1.72 bits per heavy atom. The summed E-state index contributed by atoms with van der Waals surface area (Å²) in [7, 11) is 1.62. The summed E-state index contributed by atoms with van der Waals surface area (Å²) < 4.78 is 5.35. The van der Waals surface area contributed by atoms with E-state index in [-0.39, 0.29) is 18.9 Å². The number of amides is 4. The molecule has 0 bridgehead atoms. The topological polar surface area (TPSA) is 94.7 Å². The zero-order valence-corrected chi connectivity index (χ0v) is 19.8. The molecule has 3 aromatic carbocycles. The van der Waals surface area contributed by atoms with Crippen LogP contribution in [0.4, 0.5) is 16.2 Å². The minimum atomic E-state index is -0.902. The first-order valence-corrected chi connectivity index (χ1v) is 11.7. The summed E-state index contributed by atoms with van der Waals surface area (Å²) in [5.74, 6) is 0.000545. The molecule has 36 heavy (non-hydrogen) atoms. The molecular weight excluding hydrogens is 456 g/mol. The number of anilines is 2. The number of urea groups is 1. The van der Waals surface area contributed by atoms with Gasteiger partial charge < -0.3 is 19.9 Å². The van der Waals surface area contributed by atoms with Gasteiger partial charge in [0.1, 0.15) is 11.8 Å². The second kappa shape index (κ2) is 9.95. The third kappa shape index (κ3) is 4.53. The molecule has 8 nitrogen and oxygen atoms in total. The van der Waals surface area contributed by atoms with Crippen molar-refractivity contribution in [2.45, 2.75) is 18.9 Å². The number of rotatable bonds is 8. The molecular formula is C28H26N4O4. The minimum absolute atomic E-state index is 0.134. The van der Waals surface area contributed by atoms with Crippen LogP contribution in [0, 0.1) is 0 Å². The maximum Gasteiger partial charge on any atom is 0.332 e. The van der Waals surface area contributed by atoms with Crippen LogP contribution in [0.2, 0.25) is 0 Å². The number of hydrogen-bond donors (Lipinski definition) is 2. The molecule has 0 radical (unpaired) electrons. The van der Waals surface area contributed by atoms with Crippen molar-refractivity contribution in [3.8, 4) is 5.75 Å². The maximum atomic E-state index is 13.5. The summed E-state index contributed by atoms with van der Waals surface area (Å²) >= 11 is 0. The van der Waals surface area contributed by atoms with E-state index >= 15 is 0 Å². The number of aromatic amines is 1. The van der Waals surface area contributed by atoms with Gasteiger partial charge >= 0.3 is 6.03 Å². The lowest BCUT2D eigenvalue weighted by Gasteiger charge is -2.21. The Kier molecular flexibility index (Phi) is 6.40. The van der Waals surface area contributed by atoms with Gasteiger partial charge in [-0.2, -0.15) is 0 Å². The summed E-state index contributed by atoms with van der Waals surface area (Å²) in [4.78, 5) is 45.6. The number of methoxy groups -OCH3 is 1. The van der Waals surface area contributed by atoms with Crippen molar-refractivity contribution in [1.82, 2.24) is 9.88 Å². The van der Waals surface area contributed by atoms with Crippen molar-refractivity contribution in [3.05, 3.63) is 90.6 Å². The number of carbonyl (C=O) groups excluding carboxylic acids is 3. The average Bonchev–Trinajstić information content (AvgIpc) is 3.41. The third-order valence-corrected chi connectivity index (χ3v) is 6.37. The van der Waals surface area contributed by atoms with Crippen molar-refractivity contribution in [2.75, 3.05) is 23.9 Å². The van der Waals surface area contributed by atoms with Crippen LogP contribution in [-0.4, -0.2) is 47.4 Å². The molecule has 0 unspecified atom stereocenters. The number of carbonyl (C=O) groups is 3. The van der Waals surface area contributed by atoms with E-state index in [0.29, 0.717) is 17.8 Å². The summed E-state index contributed by atoms with van der Waals surface area (Å²) in [6.45, 7) is 0.279. The maximum absolute atomic E-state index is 13.5. The average molecular weight is 483 g/mol. The van der Waals surface area contributed by atoms with Crippen molar-refractivity contribution in [2.24, 2.45) is 0 Å². The lowest BCUT2D eigenvalue weighted by molar-refractivity contribution is -0.124. The van der Waals surface area contributed by atoms with Gasteiger partial charge in [-0.15, -0.1) is 0 Å². The fourth-order valence-corrected chi connectivity index (χ4v) is 4.54. The Bertz CT molecular complexity index is 1400. The molecule has 2 N–H and O–H groups in total. The lowest BCUT2D eigenvalue weighted by atomic mass is 10.1. The van der Waals surface area contributed by atoms with E-state index in [1.54, 1.807) is 43.5 Å². The van der Waals surface area contributed by atoms with Gasteiger partial charge in [0.25, 0.3) is 5.91 Å². The molecule has 2 heterocycles. The summed E-state index contributed by atoms with van der Waals surface area (Å²) in [6, 6.07) is 22.3. The molecule has 0 saturated carbocycles. The van der Waals surface area contributed by atoms with Crippen LogP contribution < -0.4 is 15.0 Å². The number of nitrogens with one attached hydrogen (secondary N) is 2. The smallest absolute Gasteiger partial charge is 0.332 e. The highest BCUT2D eigenvalue weighted by Crippen LogP contribution is 2.29. The highest BCUT2D eigenvalue weighted by atomic mass is 16.5. The van der Waals surface area contributed by atoms with Crippen LogP contribution in [0.25, 0.3) is 10.9 Å². The highest BCUT2D eigenvalue weighted by molar-refractivity contribution is 6.22. The van der Waals surface area contributed by atoms with Gasteiger partial charge in [0.15, 0.2) is 0 Å². The number of imide groups is 1. The molecule has 4 aromatic rings. The molecule has 4 amide bonds. The molecule has 8 heteroatoms. The fraction of sp³-hybridized carbons (Fsp3) is 0.179. The van der Waals surface area contributed by atoms with E-state index in [1.165, 1.54) is 9.80 Å².